The molecule has 4 rings (SSSR count). The van der Waals surface area contributed by atoms with E-state index in [-0.39, 0.29) is 16.7 Å². The normalized spacial score (nSPS) is 30.5. The van der Waals surface area contributed by atoms with Gasteiger partial charge in [-0.3, -0.25) is 4.79 Å². The lowest BCUT2D eigenvalue weighted by Crippen LogP contribution is -2.49. The standard InChI is InChI=1S/C20H28N2O2/c1-24-17-8-3-2-7-16(17)19(10-11-19)13-22-18(23)20-9-5-4-6-15(20)12-21-14-20/h2-3,7-8,15,21H,4-6,9-14H2,1H3,(H,22,23)/t15-,20+/m0/s1. The maximum absolute atomic E-state index is 13.1. The van der Waals surface area contributed by atoms with Crippen LogP contribution in [0.4, 0.5) is 0 Å². The summed E-state index contributed by atoms with van der Waals surface area (Å²) in [6.07, 6.45) is 6.94. The van der Waals surface area contributed by atoms with Crippen LogP contribution in [0.3, 0.4) is 0 Å². The van der Waals surface area contributed by atoms with Crippen LogP contribution in [-0.4, -0.2) is 32.7 Å². The van der Waals surface area contributed by atoms with Crippen molar-refractivity contribution in [1.82, 2.24) is 10.6 Å². The number of fused-ring (bicyclic) bond motifs is 1. The molecule has 0 radical (unpaired) electrons. The van der Waals surface area contributed by atoms with Gasteiger partial charge in [0.2, 0.25) is 5.91 Å². The molecule has 2 N–H and O–H groups in total. The van der Waals surface area contributed by atoms with Crippen LogP contribution in [0.5, 0.6) is 5.75 Å². The molecule has 2 saturated carbocycles. The summed E-state index contributed by atoms with van der Waals surface area (Å²) in [5, 5.41) is 6.80. The third-order valence-electron chi connectivity index (χ3n) is 6.61. The van der Waals surface area contributed by atoms with E-state index in [9.17, 15) is 4.79 Å². The van der Waals surface area contributed by atoms with Gasteiger partial charge in [0.1, 0.15) is 5.75 Å². The first-order valence-corrected chi connectivity index (χ1v) is 9.33. The number of benzene rings is 1. The largest absolute Gasteiger partial charge is 0.496 e. The predicted molar refractivity (Wildman–Crippen MR) is 94.2 cm³/mol. The molecular weight excluding hydrogens is 300 g/mol. The van der Waals surface area contributed by atoms with E-state index in [1.165, 1.54) is 24.8 Å². The minimum Gasteiger partial charge on any atom is -0.496 e. The van der Waals surface area contributed by atoms with Crippen LogP contribution in [0.2, 0.25) is 0 Å². The molecule has 1 aromatic carbocycles. The second kappa shape index (κ2) is 6.07. The van der Waals surface area contributed by atoms with E-state index < -0.39 is 0 Å². The Morgan fingerprint density at radius 2 is 2.12 bits per heavy atom. The van der Waals surface area contributed by atoms with Crippen molar-refractivity contribution in [3.05, 3.63) is 29.8 Å². The highest BCUT2D eigenvalue weighted by Crippen LogP contribution is 2.51. The molecule has 0 unspecified atom stereocenters. The summed E-state index contributed by atoms with van der Waals surface area (Å²) in [6, 6.07) is 8.24. The smallest absolute Gasteiger partial charge is 0.227 e. The number of rotatable bonds is 5. The van der Waals surface area contributed by atoms with Gasteiger partial charge in [0.25, 0.3) is 0 Å². The summed E-state index contributed by atoms with van der Waals surface area (Å²) in [4.78, 5) is 13.1. The Morgan fingerprint density at radius 3 is 2.92 bits per heavy atom. The number of carbonyl (C=O) groups excluding carboxylic acids is 1. The first-order chi connectivity index (χ1) is 11.7. The molecule has 0 spiro atoms. The van der Waals surface area contributed by atoms with Crippen molar-refractivity contribution in [2.45, 2.75) is 43.9 Å². The number of ether oxygens (including phenoxy) is 1. The van der Waals surface area contributed by atoms with Gasteiger partial charge in [0.15, 0.2) is 0 Å². The Bertz CT molecular complexity index is 626. The predicted octanol–water partition coefficient (Wildman–Crippen LogP) is 2.62. The lowest BCUT2D eigenvalue weighted by Gasteiger charge is -2.37. The Morgan fingerprint density at radius 1 is 1.29 bits per heavy atom. The number of carbonyl (C=O) groups is 1. The van der Waals surface area contributed by atoms with E-state index >= 15 is 0 Å². The number of methoxy groups -OCH3 is 1. The Hall–Kier alpha value is -1.55. The molecule has 4 heteroatoms. The number of hydrogen-bond acceptors (Lipinski definition) is 3. The molecule has 4 nitrogen and oxygen atoms in total. The molecule has 0 bridgehead atoms. The van der Waals surface area contributed by atoms with Crippen LogP contribution in [0.1, 0.15) is 44.1 Å². The van der Waals surface area contributed by atoms with Crippen molar-refractivity contribution in [1.29, 1.82) is 0 Å². The van der Waals surface area contributed by atoms with Crippen LogP contribution in [0.15, 0.2) is 24.3 Å². The molecule has 1 amide bonds. The monoisotopic (exact) mass is 328 g/mol. The molecule has 130 valence electrons. The van der Waals surface area contributed by atoms with Gasteiger partial charge >= 0.3 is 0 Å². The quantitative estimate of drug-likeness (QED) is 0.873. The summed E-state index contributed by atoms with van der Waals surface area (Å²) >= 11 is 0. The molecule has 0 aromatic heterocycles. The maximum Gasteiger partial charge on any atom is 0.227 e. The van der Waals surface area contributed by atoms with Gasteiger partial charge in [0, 0.05) is 24.1 Å². The van der Waals surface area contributed by atoms with Gasteiger partial charge < -0.3 is 15.4 Å². The molecule has 3 aliphatic rings. The van der Waals surface area contributed by atoms with Gasteiger partial charge in [-0.15, -0.1) is 0 Å². The van der Waals surface area contributed by atoms with Crippen molar-refractivity contribution in [3.63, 3.8) is 0 Å². The lowest BCUT2D eigenvalue weighted by molar-refractivity contribution is -0.134. The zero-order chi connectivity index (χ0) is 16.6. The third kappa shape index (κ3) is 2.52. The number of nitrogens with one attached hydrogen (secondary N) is 2. The van der Waals surface area contributed by atoms with Crippen molar-refractivity contribution < 1.29 is 9.53 Å². The molecular formula is C20H28N2O2. The van der Waals surface area contributed by atoms with Gasteiger partial charge in [0.05, 0.1) is 12.5 Å². The highest BCUT2D eigenvalue weighted by Gasteiger charge is 2.51. The van der Waals surface area contributed by atoms with Gasteiger partial charge in [-0.05, 0) is 44.2 Å². The lowest BCUT2D eigenvalue weighted by atomic mass is 9.67. The molecule has 2 atom stereocenters. The zero-order valence-electron chi connectivity index (χ0n) is 14.6. The van der Waals surface area contributed by atoms with Crippen LogP contribution in [-0.2, 0) is 10.2 Å². The molecule has 3 fully saturated rings. The van der Waals surface area contributed by atoms with Crippen LogP contribution < -0.4 is 15.4 Å². The molecule has 2 aliphatic carbocycles. The average molecular weight is 328 g/mol. The van der Waals surface area contributed by atoms with Crippen LogP contribution >= 0.6 is 0 Å². The Balaban J connectivity index is 1.47. The number of hydrogen-bond donors (Lipinski definition) is 2. The fraction of sp³-hybridized carbons (Fsp3) is 0.650. The third-order valence-corrected chi connectivity index (χ3v) is 6.61. The number of amides is 1. The minimum atomic E-state index is -0.158. The van der Waals surface area contributed by atoms with Crippen LogP contribution in [0, 0.1) is 11.3 Å². The highest BCUT2D eigenvalue weighted by atomic mass is 16.5. The van der Waals surface area contributed by atoms with E-state index in [4.69, 9.17) is 4.74 Å². The first-order valence-electron chi connectivity index (χ1n) is 9.33. The zero-order valence-corrected chi connectivity index (χ0v) is 14.6. The number of para-hydroxylation sites is 1. The molecule has 1 saturated heterocycles. The molecule has 24 heavy (non-hydrogen) atoms. The summed E-state index contributed by atoms with van der Waals surface area (Å²) in [5.74, 6) is 1.74. The molecule has 1 heterocycles. The summed E-state index contributed by atoms with van der Waals surface area (Å²) in [6.45, 7) is 2.59. The topological polar surface area (TPSA) is 50.4 Å². The van der Waals surface area contributed by atoms with E-state index in [0.717, 1.165) is 44.6 Å². The van der Waals surface area contributed by atoms with E-state index in [0.29, 0.717) is 5.92 Å². The summed E-state index contributed by atoms with van der Waals surface area (Å²) < 4.78 is 5.54. The second-order valence-corrected chi connectivity index (χ2v) is 7.89. The molecule has 1 aliphatic heterocycles. The van der Waals surface area contributed by atoms with E-state index in [1.54, 1.807) is 7.11 Å². The van der Waals surface area contributed by atoms with Crippen molar-refractivity contribution >= 4 is 5.91 Å². The highest BCUT2D eigenvalue weighted by molar-refractivity contribution is 5.84. The second-order valence-electron chi connectivity index (χ2n) is 7.89. The van der Waals surface area contributed by atoms with Crippen molar-refractivity contribution in [3.8, 4) is 5.75 Å². The van der Waals surface area contributed by atoms with Crippen molar-refractivity contribution in [2.75, 3.05) is 26.7 Å². The average Bonchev–Trinajstić information content (AvgIpc) is 3.29. The van der Waals surface area contributed by atoms with Gasteiger partial charge in [-0.25, -0.2) is 0 Å². The van der Waals surface area contributed by atoms with Gasteiger partial charge in [-0.2, -0.15) is 0 Å². The fourth-order valence-electron chi connectivity index (χ4n) is 4.89. The summed E-state index contributed by atoms with van der Waals surface area (Å²) in [5.41, 5.74) is 1.17. The SMILES string of the molecule is COc1ccccc1C1(CNC(=O)[C@@]23CCCC[C@H]2CNC3)CC1. The van der Waals surface area contributed by atoms with Crippen LogP contribution in [0.25, 0.3) is 0 Å². The first kappa shape index (κ1) is 15.9. The molecule has 1 aromatic rings. The van der Waals surface area contributed by atoms with Crippen molar-refractivity contribution in [2.24, 2.45) is 11.3 Å². The Kier molecular flexibility index (Phi) is 4.03. The summed E-state index contributed by atoms with van der Waals surface area (Å²) in [7, 11) is 1.73. The maximum atomic E-state index is 13.1. The Labute approximate surface area is 144 Å². The minimum absolute atomic E-state index is 0.0785. The fourth-order valence-corrected chi connectivity index (χ4v) is 4.89. The van der Waals surface area contributed by atoms with E-state index in [2.05, 4.69) is 22.8 Å². The van der Waals surface area contributed by atoms with E-state index in [1.807, 2.05) is 12.1 Å². The van der Waals surface area contributed by atoms with Gasteiger partial charge in [-0.1, -0.05) is 31.0 Å².